The highest BCUT2D eigenvalue weighted by Gasteiger charge is 2.19. The number of carbonyl (C=O) groups excluding carboxylic acids is 2. The zero-order chi connectivity index (χ0) is 19.2. The fourth-order valence-electron chi connectivity index (χ4n) is 2.35. The van der Waals surface area contributed by atoms with Gasteiger partial charge < -0.3 is 19.6 Å². The Balaban J connectivity index is 1.63. The molecule has 10 heteroatoms. The Kier molecular flexibility index (Phi) is 5.26. The summed E-state index contributed by atoms with van der Waals surface area (Å²) in [5.41, 5.74) is 0.109. The van der Waals surface area contributed by atoms with Crippen molar-refractivity contribution in [2.45, 2.75) is 6.54 Å². The maximum atomic E-state index is 12.2. The van der Waals surface area contributed by atoms with Crippen molar-refractivity contribution in [3.05, 3.63) is 76.8 Å². The predicted molar refractivity (Wildman–Crippen MR) is 93.1 cm³/mol. The van der Waals surface area contributed by atoms with Gasteiger partial charge in [-0.25, -0.2) is 4.98 Å². The van der Waals surface area contributed by atoms with Crippen LogP contribution in [0.2, 0.25) is 0 Å². The SMILES string of the molecule is O=C(CNC(=O)c1ccc(-n2ccnc2)c([N+](=O)[O-])c1)NCc1ccco1. The van der Waals surface area contributed by atoms with E-state index in [1.54, 1.807) is 18.3 Å². The molecule has 0 radical (unpaired) electrons. The van der Waals surface area contributed by atoms with Crippen molar-refractivity contribution in [1.29, 1.82) is 0 Å². The molecular weight excluding hydrogens is 354 g/mol. The number of hydrogen-bond donors (Lipinski definition) is 2. The molecule has 0 saturated carbocycles. The molecule has 0 spiro atoms. The molecule has 3 rings (SSSR count). The Morgan fingerprint density at radius 2 is 2.11 bits per heavy atom. The van der Waals surface area contributed by atoms with E-state index in [0.29, 0.717) is 5.76 Å². The molecule has 1 aromatic carbocycles. The molecule has 0 fully saturated rings. The number of furan rings is 1. The molecule has 10 nitrogen and oxygen atoms in total. The molecule has 0 atom stereocenters. The minimum absolute atomic E-state index is 0.0735. The zero-order valence-electron chi connectivity index (χ0n) is 14.0. The smallest absolute Gasteiger partial charge is 0.294 e. The Bertz CT molecular complexity index is 950. The van der Waals surface area contributed by atoms with Crippen molar-refractivity contribution in [3.8, 4) is 5.69 Å². The van der Waals surface area contributed by atoms with Crippen LogP contribution in [0, 0.1) is 10.1 Å². The van der Waals surface area contributed by atoms with E-state index in [9.17, 15) is 19.7 Å². The molecule has 0 aliphatic heterocycles. The fourth-order valence-corrected chi connectivity index (χ4v) is 2.35. The highest BCUT2D eigenvalue weighted by atomic mass is 16.6. The van der Waals surface area contributed by atoms with Gasteiger partial charge in [-0.15, -0.1) is 0 Å². The molecule has 0 unspecified atom stereocenters. The van der Waals surface area contributed by atoms with E-state index in [4.69, 9.17) is 4.42 Å². The van der Waals surface area contributed by atoms with Crippen LogP contribution in [0.4, 0.5) is 5.69 Å². The molecule has 0 aliphatic carbocycles. The number of imidazole rings is 1. The second kappa shape index (κ2) is 7.95. The van der Waals surface area contributed by atoms with Crippen LogP contribution >= 0.6 is 0 Å². The number of nitrogens with zero attached hydrogens (tertiary/aromatic N) is 3. The third-order valence-corrected chi connectivity index (χ3v) is 3.67. The lowest BCUT2D eigenvalue weighted by atomic mass is 10.1. The van der Waals surface area contributed by atoms with Crippen molar-refractivity contribution in [2.24, 2.45) is 0 Å². The summed E-state index contributed by atoms with van der Waals surface area (Å²) in [7, 11) is 0. The molecule has 2 N–H and O–H groups in total. The van der Waals surface area contributed by atoms with Gasteiger partial charge in [0.05, 0.1) is 30.6 Å². The van der Waals surface area contributed by atoms with E-state index in [1.165, 1.54) is 35.5 Å². The zero-order valence-corrected chi connectivity index (χ0v) is 14.0. The minimum atomic E-state index is -0.594. The van der Waals surface area contributed by atoms with Crippen LogP contribution in [0.3, 0.4) is 0 Å². The molecule has 138 valence electrons. The molecule has 0 saturated heterocycles. The minimum Gasteiger partial charge on any atom is -0.467 e. The quantitative estimate of drug-likeness (QED) is 0.478. The number of nitrogens with one attached hydrogen (secondary N) is 2. The van der Waals surface area contributed by atoms with Crippen LogP contribution in [0.5, 0.6) is 0 Å². The Morgan fingerprint density at radius 1 is 1.26 bits per heavy atom. The lowest BCUT2D eigenvalue weighted by Crippen LogP contribution is -2.36. The van der Waals surface area contributed by atoms with Crippen LogP contribution in [0.25, 0.3) is 5.69 Å². The van der Waals surface area contributed by atoms with Gasteiger partial charge in [0.2, 0.25) is 5.91 Å². The first-order chi connectivity index (χ1) is 13.0. The molecular formula is C17H15N5O5. The first-order valence-electron chi connectivity index (χ1n) is 7.88. The first kappa shape index (κ1) is 17.9. The summed E-state index contributed by atoms with van der Waals surface area (Å²) in [5.74, 6) is -0.423. The summed E-state index contributed by atoms with van der Waals surface area (Å²) in [4.78, 5) is 38.6. The van der Waals surface area contributed by atoms with Crippen molar-refractivity contribution >= 4 is 17.5 Å². The summed E-state index contributed by atoms with van der Waals surface area (Å²) in [6.07, 6.45) is 5.96. The van der Waals surface area contributed by atoms with Gasteiger partial charge in [-0.05, 0) is 24.3 Å². The van der Waals surface area contributed by atoms with Crippen molar-refractivity contribution in [1.82, 2.24) is 20.2 Å². The Hall–Kier alpha value is -3.95. The monoisotopic (exact) mass is 369 g/mol. The number of benzene rings is 1. The van der Waals surface area contributed by atoms with Gasteiger partial charge in [-0.2, -0.15) is 0 Å². The highest BCUT2D eigenvalue weighted by molar-refractivity contribution is 5.97. The van der Waals surface area contributed by atoms with Crippen molar-refractivity contribution in [2.75, 3.05) is 6.54 Å². The second-order valence-corrected chi connectivity index (χ2v) is 5.47. The molecule has 2 heterocycles. The van der Waals surface area contributed by atoms with E-state index in [1.807, 2.05) is 0 Å². The number of aromatic nitrogens is 2. The van der Waals surface area contributed by atoms with Crippen molar-refractivity contribution < 1.29 is 18.9 Å². The number of nitro benzene ring substituents is 1. The first-order valence-corrected chi connectivity index (χ1v) is 7.88. The number of amides is 2. The summed E-state index contributed by atoms with van der Waals surface area (Å²) in [5, 5.41) is 16.3. The van der Waals surface area contributed by atoms with Gasteiger partial charge in [-0.1, -0.05) is 0 Å². The maximum absolute atomic E-state index is 12.2. The van der Waals surface area contributed by atoms with Gasteiger partial charge >= 0.3 is 0 Å². The lowest BCUT2D eigenvalue weighted by Gasteiger charge is -2.08. The van der Waals surface area contributed by atoms with E-state index in [-0.39, 0.29) is 30.0 Å². The van der Waals surface area contributed by atoms with Crippen molar-refractivity contribution in [3.63, 3.8) is 0 Å². The summed E-state index contributed by atoms with van der Waals surface area (Å²) >= 11 is 0. The van der Waals surface area contributed by atoms with E-state index in [0.717, 1.165) is 6.07 Å². The molecule has 2 amide bonds. The fraction of sp³-hybridized carbons (Fsp3) is 0.118. The van der Waals surface area contributed by atoms with Crippen LogP contribution in [-0.2, 0) is 11.3 Å². The second-order valence-electron chi connectivity index (χ2n) is 5.47. The van der Waals surface area contributed by atoms with E-state index in [2.05, 4.69) is 15.6 Å². The van der Waals surface area contributed by atoms with Crippen LogP contribution in [0.1, 0.15) is 16.1 Å². The lowest BCUT2D eigenvalue weighted by molar-refractivity contribution is -0.384. The van der Waals surface area contributed by atoms with Crippen LogP contribution in [-0.4, -0.2) is 32.8 Å². The normalized spacial score (nSPS) is 10.4. The van der Waals surface area contributed by atoms with Crippen LogP contribution < -0.4 is 10.6 Å². The number of rotatable bonds is 7. The summed E-state index contributed by atoms with van der Waals surface area (Å²) in [6, 6.07) is 7.46. The van der Waals surface area contributed by atoms with Gasteiger partial charge in [0.1, 0.15) is 11.4 Å². The van der Waals surface area contributed by atoms with Gasteiger partial charge in [-0.3, -0.25) is 19.7 Å². The number of hydrogen-bond acceptors (Lipinski definition) is 6. The van der Waals surface area contributed by atoms with Crippen LogP contribution in [0.15, 0.2) is 59.7 Å². The maximum Gasteiger partial charge on any atom is 0.294 e. The third kappa shape index (κ3) is 4.37. The molecule has 2 aromatic heterocycles. The largest absolute Gasteiger partial charge is 0.467 e. The van der Waals surface area contributed by atoms with Gasteiger partial charge in [0.25, 0.3) is 11.6 Å². The average molecular weight is 369 g/mol. The molecule has 3 aromatic rings. The Labute approximate surface area is 153 Å². The number of carbonyl (C=O) groups is 2. The predicted octanol–water partition coefficient (Wildman–Crippen LogP) is 1.42. The van der Waals surface area contributed by atoms with Gasteiger partial charge in [0, 0.05) is 24.0 Å². The molecule has 27 heavy (non-hydrogen) atoms. The average Bonchev–Trinajstić information content (AvgIpc) is 3.37. The summed E-state index contributed by atoms with van der Waals surface area (Å²) < 4.78 is 6.56. The topological polar surface area (TPSA) is 132 Å². The van der Waals surface area contributed by atoms with E-state index < -0.39 is 16.7 Å². The highest BCUT2D eigenvalue weighted by Crippen LogP contribution is 2.24. The number of nitro groups is 1. The Morgan fingerprint density at radius 3 is 2.78 bits per heavy atom. The summed E-state index contributed by atoms with van der Waals surface area (Å²) in [6.45, 7) is -0.0661. The molecule has 0 bridgehead atoms. The standard InChI is InChI=1S/C17H15N5O5/c23-16(19-9-13-2-1-7-27-13)10-20-17(24)12-3-4-14(15(8-12)22(25)26)21-6-5-18-11-21/h1-8,11H,9-10H2,(H,19,23)(H,20,24). The third-order valence-electron chi connectivity index (χ3n) is 3.67. The van der Waals surface area contributed by atoms with E-state index >= 15 is 0 Å². The molecule has 0 aliphatic rings. The van der Waals surface area contributed by atoms with Gasteiger partial charge in [0.15, 0.2) is 0 Å².